The van der Waals surface area contributed by atoms with Gasteiger partial charge < -0.3 is 0 Å². The minimum Gasteiger partial charge on any atom is -0.291 e. The Bertz CT molecular complexity index is 180. The molecule has 0 atom stereocenters. The first-order valence-electron chi connectivity index (χ1n) is 1.81. The monoisotopic (exact) mass is 102 g/mol. The zero-order valence-corrected chi connectivity index (χ0v) is 4.51. The molecule has 0 spiro atoms. The van der Waals surface area contributed by atoms with Gasteiger partial charge in [-0.2, -0.15) is 6.07 Å². The Morgan fingerprint density at radius 3 is 2.75 bits per heavy atom. The fraction of sp³-hybridized carbons (Fsp3) is 0. The second kappa shape index (κ2) is 3.48. The van der Waals surface area contributed by atoms with E-state index in [9.17, 15) is 4.79 Å². The third kappa shape index (κ3) is 1.96. The zero-order chi connectivity index (χ0) is 5.11. The predicted molar refractivity (Wildman–Crippen MR) is 23.7 cm³/mol. The average Bonchev–Trinajstić information content (AvgIpc) is 1.69. The number of hydrogen-bond acceptors (Lipinski definition) is 2. The number of aromatic nitrogens is 2. The Balaban J connectivity index is 0.000000490. The molecule has 0 saturated heterocycles. The van der Waals surface area contributed by atoms with Crippen molar-refractivity contribution in [1.82, 2.24) is 10.2 Å². The topological polar surface area (TPSA) is 45.8 Å². The third-order valence-corrected chi connectivity index (χ3v) is 0.530. The molecule has 0 bridgehead atoms. The summed E-state index contributed by atoms with van der Waals surface area (Å²) in [7, 11) is 0. The summed E-state index contributed by atoms with van der Waals surface area (Å²) < 4.78 is 0. The van der Waals surface area contributed by atoms with E-state index in [1.54, 1.807) is 0 Å². The van der Waals surface area contributed by atoms with Crippen molar-refractivity contribution in [2.75, 3.05) is 0 Å². The van der Waals surface area contributed by atoms with Gasteiger partial charge in [0, 0.05) is 0 Å². The number of rotatable bonds is 0. The first kappa shape index (κ1) is 7.48. The van der Waals surface area contributed by atoms with Crippen molar-refractivity contribution in [3.63, 3.8) is 0 Å². The van der Waals surface area contributed by atoms with Gasteiger partial charge in [0.25, 0.3) is 0 Å². The standard InChI is InChI=1S/C4H3N2O.Li/c7-4-2-1-3-5-6-4;/h1,3H,(H,6,7);/q-1;+1. The van der Waals surface area contributed by atoms with E-state index in [4.69, 9.17) is 0 Å². The summed E-state index contributed by atoms with van der Waals surface area (Å²) in [6.45, 7) is 0. The van der Waals surface area contributed by atoms with Gasteiger partial charge in [-0.3, -0.25) is 15.0 Å². The average molecular weight is 102 g/mol. The maximum atomic E-state index is 10.1. The zero-order valence-electron chi connectivity index (χ0n) is 4.51. The molecular weight excluding hydrogens is 99.0 g/mol. The normalized spacial score (nSPS) is 7.50. The molecule has 0 aliphatic rings. The van der Waals surface area contributed by atoms with E-state index in [-0.39, 0.29) is 24.4 Å². The Hall–Kier alpha value is -0.523. The van der Waals surface area contributed by atoms with Crippen LogP contribution in [0.1, 0.15) is 0 Å². The Kier molecular flexibility index (Phi) is 3.25. The molecule has 1 heterocycles. The Labute approximate surface area is 58.3 Å². The van der Waals surface area contributed by atoms with Gasteiger partial charge in [-0.15, -0.1) is 6.20 Å². The summed E-state index contributed by atoms with van der Waals surface area (Å²) in [4.78, 5) is 10.1. The number of nitrogens with one attached hydrogen (secondary N) is 1. The summed E-state index contributed by atoms with van der Waals surface area (Å²) in [6.07, 6.45) is 1.46. The summed E-state index contributed by atoms with van der Waals surface area (Å²) in [5.74, 6) is 0. The van der Waals surface area contributed by atoms with E-state index in [0.29, 0.717) is 0 Å². The molecule has 1 aromatic heterocycles. The largest absolute Gasteiger partial charge is 1.00 e. The summed E-state index contributed by atoms with van der Waals surface area (Å²) in [5, 5.41) is 5.59. The van der Waals surface area contributed by atoms with E-state index in [1.165, 1.54) is 12.3 Å². The van der Waals surface area contributed by atoms with Crippen molar-refractivity contribution < 1.29 is 18.9 Å². The molecule has 36 valence electrons. The fourth-order valence-corrected chi connectivity index (χ4v) is 0.278. The number of aromatic amines is 1. The van der Waals surface area contributed by atoms with Gasteiger partial charge in [-0.05, 0) is 0 Å². The third-order valence-electron chi connectivity index (χ3n) is 0.530. The first-order chi connectivity index (χ1) is 3.39. The Morgan fingerprint density at radius 1 is 1.75 bits per heavy atom. The van der Waals surface area contributed by atoms with E-state index in [2.05, 4.69) is 16.3 Å². The van der Waals surface area contributed by atoms with Crippen LogP contribution in [0, 0.1) is 6.07 Å². The predicted octanol–water partition coefficient (Wildman–Crippen LogP) is -3.43. The molecule has 1 rings (SSSR count). The minimum atomic E-state index is -0.289. The van der Waals surface area contributed by atoms with Crippen LogP contribution >= 0.6 is 0 Å². The van der Waals surface area contributed by atoms with Crippen LogP contribution in [-0.2, 0) is 0 Å². The molecule has 0 fully saturated rings. The van der Waals surface area contributed by atoms with Gasteiger partial charge >= 0.3 is 18.9 Å². The van der Waals surface area contributed by atoms with E-state index in [0.717, 1.165) is 0 Å². The van der Waals surface area contributed by atoms with Gasteiger partial charge in [0.2, 0.25) is 0 Å². The van der Waals surface area contributed by atoms with Crippen molar-refractivity contribution in [2.24, 2.45) is 0 Å². The van der Waals surface area contributed by atoms with Gasteiger partial charge in [0.05, 0.1) is 0 Å². The SMILES string of the molecule is O=c1[c-]ccn[nH]1.[Li+]. The molecule has 0 unspecified atom stereocenters. The van der Waals surface area contributed by atoms with Crippen LogP contribution in [0.5, 0.6) is 0 Å². The fourth-order valence-electron chi connectivity index (χ4n) is 0.278. The molecule has 0 radical (unpaired) electrons. The second-order valence-corrected chi connectivity index (χ2v) is 1.03. The molecule has 0 saturated carbocycles. The molecule has 1 N–H and O–H groups in total. The van der Waals surface area contributed by atoms with E-state index >= 15 is 0 Å². The smallest absolute Gasteiger partial charge is 0.291 e. The maximum Gasteiger partial charge on any atom is 1.00 e. The number of H-pyrrole nitrogens is 1. The van der Waals surface area contributed by atoms with Gasteiger partial charge in [-0.1, -0.05) is 0 Å². The molecule has 0 amide bonds. The molecule has 4 heteroatoms. The van der Waals surface area contributed by atoms with Crippen LogP contribution in [0.3, 0.4) is 0 Å². The summed E-state index contributed by atoms with van der Waals surface area (Å²) >= 11 is 0. The van der Waals surface area contributed by atoms with Crippen LogP contribution in [0.25, 0.3) is 0 Å². The van der Waals surface area contributed by atoms with Crippen molar-refractivity contribution in [2.45, 2.75) is 0 Å². The van der Waals surface area contributed by atoms with Gasteiger partial charge in [0.15, 0.2) is 5.56 Å². The van der Waals surface area contributed by atoms with Crippen molar-refractivity contribution >= 4 is 0 Å². The molecule has 0 aliphatic carbocycles. The molecule has 0 aromatic carbocycles. The summed E-state index contributed by atoms with van der Waals surface area (Å²) in [6, 6.07) is 3.81. The summed E-state index contributed by atoms with van der Waals surface area (Å²) in [5.41, 5.74) is -0.289. The van der Waals surface area contributed by atoms with Crippen LogP contribution in [0.2, 0.25) is 0 Å². The van der Waals surface area contributed by atoms with Crippen molar-refractivity contribution in [3.8, 4) is 0 Å². The van der Waals surface area contributed by atoms with Crippen molar-refractivity contribution in [3.05, 3.63) is 28.7 Å². The first-order valence-corrected chi connectivity index (χ1v) is 1.81. The Morgan fingerprint density at radius 2 is 2.50 bits per heavy atom. The number of hydrogen-bond donors (Lipinski definition) is 1. The van der Waals surface area contributed by atoms with Crippen molar-refractivity contribution in [1.29, 1.82) is 0 Å². The van der Waals surface area contributed by atoms with Gasteiger partial charge in [0.1, 0.15) is 0 Å². The molecular formula is C4H3LiN2O. The quantitative estimate of drug-likeness (QED) is 0.274. The molecule has 3 nitrogen and oxygen atoms in total. The minimum absolute atomic E-state index is 0. The van der Waals surface area contributed by atoms with Crippen LogP contribution in [-0.4, -0.2) is 10.2 Å². The van der Waals surface area contributed by atoms with E-state index in [1.807, 2.05) is 0 Å². The van der Waals surface area contributed by atoms with Crippen LogP contribution in [0.4, 0.5) is 0 Å². The number of nitrogens with zero attached hydrogens (tertiary/aromatic N) is 1. The molecule has 0 aliphatic heterocycles. The molecule has 1 aromatic rings. The van der Waals surface area contributed by atoms with E-state index < -0.39 is 0 Å². The second-order valence-electron chi connectivity index (χ2n) is 1.03. The molecule has 8 heavy (non-hydrogen) atoms. The van der Waals surface area contributed by atoms with Crippen LogP contribution in [0.15, 0.2) is 17.1 Å². The maximum absolute atomic E-state index is 10.1. The van der Waals surface area contributed by atoms with Gasteiger partial charge in [-0.25, -0.2) is 6.07 Å². The van der Waals surface area contributed by atoms with Crippen LogP contribution < -0.4 is 24.4 Å².